The second-order valence-electron chi connectivity index (χ2n) is 6.14. The van der Waals surface area contributed by atoms with Gasteiger partial charge in [0.1, 0.15) is 18.1 Å². The average molecular weight is 522 g/mol. The molecule has 2 N–H and O–H groups in total. The van der Waals surface area contributed by atoms with Crippen LogP contribution in [0.3, 0.4) is 0 Å². The Morgan fingerprint density at radius 1 is 1.21 bits per heavy atom. The lowest BCUT2D eigenvalue weighted by Crippen LogP contribution is -2.37. The summed E-state index contributed by atoms with van der Waals surface area (Å²) in [5, 5.41) is 10.6. The van der Waals surface area contributed by atoms with Crippen LogP contribution in [-0.4, -0.2) is 30.7 Å². The van der Waals surface area contributed by atoms with Crippen LogP contribution < -0.4 is 15.4 Å². The summed E-state index contributed by atoms with van der Waals surface area (Å²) in [5.74, 6) is 1.95. The maximum absolute atomic E-state index is 12.3. The van der Waals surface area contributed by atoms with Crippen LogP contribution in [0.4, 0.5) is 8.78 Å². The van der Waals surface area contributed by atoms with Gasteiger partial charge in [-0.25, -0.2) is 13.8 Å². The summed E-state index contributed by atoms with van der Waals surface area (Å²) in [4.78, 5) is 4.57. The summed E-state index contributed by atoms with van der Waals surface area (Å²) in [6.07, 6.45) is -0.910. The molecular weight excluding hydrogens is 493 g/mol. The standard InChI is InChI=1S/C20H28F2N4O2.HI/c1-4-17-16(18(5-2)28-26-17)12-25-20(23-6-3)24-11-14-8-7-9-15(10-14)27-13-19(21)22;/h7-10,19H,4-6,11-13H2,1-3H3,(H2,23,24,25);1H. The Morgan fingerprint density at radius 2 is 2.00 bits per heavy atom. The van der Waals surface area contributed by atoms with Gasteiger partial charge in [0, 0.05) is 25.1 Å². The van der Waals surface area contributed by atoms with Gasteiger partial charge in [-0.2, -0.15) is 0 Å². The summed E-state index contributed by atoms with van der Waals surface area (Å²) in [7, 11) is 0. The van der Waals surface area contributed by atoms with Gasteiger partial charge >= 0.3 is 0 Å². The van der Waals surface area contributed by atoms with E-state index in [1.54, 1.807) is 18.2 Å². The predicted octanol–water partition coefficient (Wildman–Crippen LogP) is 4.32. The Kier molecular flexibility index (Phi) is 11.6. The Morgan fingerprint density at radius 3 is 2.66 bits per heavy atom. The van der Waals surface area contributed by atoms with Gasteiger partial charge in [-0.15, -0.1) is 24.0 Å². The zero-order valence-electron chi connectivity index (χ0n) is 17.0. The Bertz CT molecular complexity index is 747. The number of benzene rings is 1. The molecule has 29 heavy (non-hydrogen) atoms. The van der Waals surface area contributed by atoms with E-state index in [4.69, 9.17) is 9.26 Å². The number of aryl methyl sites for hydroxylation is 2. The molecular formula is C20H29F2IN4O2. The summed E-state index contributed by atoms with van der Waals surface area (Å²) >= 11 is 0. The van der Waals surface area contributed by atoms with Gasteiger partial charge < -0.3 is 19.9 Å². The average Bonchev–Trinajstić information content (AvgIpc) is 3.10. The molecule has 6 nitrogen and oxygen atoms in total. The van der Waals surface area contributed by atoms with Crippen molar-refractivity contribution >= 4 is 29.9 Å². The van der Waals surface area contributed by atoms with Crippen LogP contribution in [0, 0.1) is 0 Å². The Hall–Kier alpha value is -1.91. The molecule has 1 heterocycles. The second kappa shape index (κ2) is 13.3. The maximum atomic E-state index is 12.3. The first-order chi connectivity index (χ1) is 13.6. The molecule has 0 aliphatic rings. The van der Waals surface area contributed by atoms with Crippen molar-refractivity contribution in [3.8, 4) is 5.75 Å². The first kappa shape index (κ1) is 25.1. The fourth-order valence-corrected chi connectivity index (χ4v) is 2.71. The molecule has 9 heteroatoms. The normalized spacial score (nSPS) is 11.3. The monoisotopic (exact) mass is 522 g/mol. The van der Waals surface area contributed by atoms with Gasteiger partial charge in [-0.1, -0.05) is 31.1 Å². The first-order valence-electron chi connectivity index (χ1n) is 9.55. The molecule has 0 atom stereocenters. The van der Waals surface area contributed by atoms with Crippen molar-refractivity contribution in [1.29, 1.82) is 0 Å². The number of guanidine groups is 1. The predicted molar refractivity (Wildman–Crippen MR) is 120 cm³/mol. The molecule has 0 bridgehead atoms. The number of rotatable bonds is 10. The lowest BCUT2D eigenvalue weighted by atomic mass is 10.1. The molecule has 0 saturated heterocycles. The molecule has 0 aliphatic heterocycles. The minimum Gasteiger partial charge on any atom is -0.488 e. The number of aliphatic imine (C=N–C) groups is 1. The van der Waals surface area contributed by atoms with Crippen LogP contribution >= 0.6 is 24.0 Å². The lowest BCUT2D eigenvalue weighted by molar-refractivity contribution is 0.0818. The number of halogens is 3. The van der Waals surface area contributed by atoms with Crippen molar-refractivity contribution in [2.24, 2.45) is 4.99 Å². The van der Waals surface area contributed by atoms with Gasteiger partial charge in [-0.3, -0.25) is 0 Å². The first-order valence-corrected chi connectivity index (χ1v) is 9.55. The van der Waals surface area contributed by atoms with Crippen molar-refractivity contribution in [1.82, 2.24) is 15.8 Å². The highest BCUT2D eigenvalue weighted by atomic mass is 127. The van der Waals surface area contributed by atoms with Crippen molar-refractivity contribution in [3.05, 3.63) is 46.8 Å². The molecule has 0 radical (unpaired) electrons. The third kappa shape index (κ3) is 8.15. The van der Waals surface area contributed by atoms with Crippen molar-refractivity contribution in [3.63, 3.8) is 0 Å². The summed E-state index contributed by atoms with van der Waals surface area (Å²) < 4.78 is 35.0. The largest absolute Gasteiger partial charge is 0.488 e. The Balaban J connectivity index is 0.00000420. The maximum Gasteiger partial charge on any atom is 0.272 e. The van der Waals surface area contributed by atoms with E-state index >= 15 is 0 Å². The number of nitrogens with one attached hydrogen (secondary N) is 2. The van der Waals surface area contributed by atoms with Crippen LogP contribution in [0.2, 0.25) is 0 Å². The topological polar surface area (TPSA) is 71.7 Å². The number of nitrogens with zero attached hydrogens (tertiary/aromatic N) is 2. The number of hydrogen-bond donors (Lipinski definition) is 2. The summed E-state index contributed by atoms with van der Waals surface area (Å²) in [5.41, 5.74) is 2.89. The Labute approximate surface area is 187 Å². The van der Waals surface area contributed by atoms with E-state index in [0.717, 1.165) is 35.4 Å². The molecule has 2 aromatic rings. The third-order valence-electron chi connectivity index (χ3n) is 4.08. The van der Waals surface area contributed by atoms with Crippen molar-refractivity contribution in [2.45, 2.75) is 53.1 Å². The molecule has 1 aromatic carbocycles. The van der Waals surface area contributed by atoms with Gasteiger partial charge in [0.2, 0.25) is 0 Å². The SMILES string of the molecule is CCNC(=NCc1cccc(OCC(F)F)c1)NCc1c(CC)noc1CC.I. The van der Waals surface area contributed by atoms with Crippen molar-refractivity contribution < 1.29 is 18.0 Å². The highest BCUT2D eigenvalue weighted by molar-refractivity contribution is 14.0. The summed E-state index contributed by atoms with van der Waals surface area (Å²) in [6, 6.07) is 7.03. The zero-order chi connectivity index (χ0) is 20.4. The van der Waals surface area contributed by atoms with E-state index in [0.29, 0.717) is 31.3 Å². The molecule has 0 saturated carbocycles. The molecule has 0 aliphatic carbocycles. The quantitative estimate of drug-likeness (QED) is 0.277. The van der Waals surface area contributed by atoms with Crippen molar-refractivity contribution in [2.75, 3.05) is 13.2 Å². The molecule has 2 rings (SSSR count). The molecule has 0 fully saturated rings. The van der Waals surface area contributed by atoms with Crippen LogP contribution in [0.25, 0.3) is 0 Å². The molecule has 0 unspecified atom stereocenters. The van der Waals surface area contributed by atoms with Crippen LogP contribution in [0.5, 0.6) is 5.75 Å². The highest BCUT2D eigenvalue weighted by Gasteiger charge is 2.13. The lowest BCUT2D eigenvalue weighted by Gasteiger charge is -2.12. The van der Waals surface area contributed by atoms with Crippen LogP contribution in [0.15, 0.2) is 33.8 Å². The molecule has 162 valence electrons. The zero-order valence-corrected chi connectivity index (χ0v) is 19.3. The van der Waals surface area contributed by atoms with E-state index in [9.17, 15) is 8.78 Å². The van der Waals surface area contributed by atoms with E-state index in [-0.39, 0.29) is 24.0 Å². The molecule has 1 aromatic heterocycles. The number of alkyl halides is 2. The fraction of sp³-hybridized carbons (Fsp3) is 0.500. The van der Waals surface area contributed by atoms with Gasteiger partial charge in [-0.05, 0) is 31.0 Å². The van der Waals surface area contributed by atoms with Gasteiger partial charge in [0.15, 0.2) is 5.96 Å². The minimum atomic E-state index is -2.50. The van der Waals surface area contributed by atoms with E-state index in [1.165, 1.54) is 0 Å². The number of hydrogen-bond acceptors (Lipinski definition) is 4. The molecule has 0 spiro atoms. The van der Waals surface area contributed by atoms with E-state index in [1.807, 2.05) is 26.8 Å². The smallest absolute Gasteiger partial charge is 0.272 e. The number of ether oxygens (including phenoxy) is 1. The van der Waals surface area contributed by atoms with Crippen LogP contribution in [0.1, 0.15) is 43.4 Å². The van der Waals surface area contributed by atoms with Gasteiger partial charge in [0.25, 0.3) is 6.43 Å². The third-order valence-corrected chi connectivity index (χ3v) is 4.08. The summed E-state index contributed by atoms with van der Waals surface area (Å²) in [6.45, 7) is 7.13. The van der Waals surface area contributed by atoms with Gasteiger partial charge in [0.05, 0.1) is 12.2 Å². The second-order valence-corrected chi connectivity index (χ2v) is 6.14. The highest BCUT2D eigenvalue weighted by Crippen LogP contribution is 2.16. The molecule has 0 amide bonds. The van der Waals surface area contributed by atoms with E-state index in [2.05, 4.69) is 20.8 Å². The van der Waals surface area contributed by atoms with Crippen LogP contribution in [-0.2, 0) is 25.9 Å². The fourth-order valence-electron chi connectivity index (χ4n) is 2.71. The minimum absolute atomic E-state index is 0. The van der Waals surface area contributed by atoms with E-state index < -0.39 is 13.0 Å². The number of aromatic nitrogens is 1.